The highest BCUT2D eigenvalue weighted by Gasteiger charge is 2.20. The molecular weight excluding hydrogens is 250 g/mol. The second kappa shape index (κ2) is 6.48. The molecule has 0 bridgehead atoms. The Bertz CT molecular complexity index is 502. The van der Waals surface area contributed by atoms with Gasteiger partial charge >= 0.3 is 0 Å². The minimum atomic E-state index is -0.561. The summed E-state index contributed by atoms with van der Waals surface area (Å²) in [5.74, 6) is -0.240. The molecule has 19 heavy (non-hydrogen) atoms. The van der Waals surface area contributed by atoms with E-state index in [9.17, 15) is 19.7 Å². The molecule has 0 aliphatic heterocycles. The largest absolute Gasteiger partial charge is 0.358 e. The topological polar surface area (TPSA) is 92.6 Å². The number of hydrogen-bond acceptors (Lipinski definition) is 5. The molecule has 0 saturated carbocycles. The molecule has 102 valence electrons. The summed E-state index contributed by atoms with van der Waals surface area (Å²) in [6.45, 7) is 2.25. The number of amides is 1. The van der Waals surface area contributed by atoms with Gasteiger partial charge in [-0.1, -0.05) is 0 Å². The Morgan fingerprint density at radius 2 is 2.21 bits per heavy atom. The van der Waals surface area contributed by atoms with Gasteiger partial charge in [0.25, 0.3) is 5.69 Å². The van der Waals surface area contributed by atoms with E-state index in [1.165, 1.54) is 25.2 Å². The maximum Gasteiger partial charge on any atom is 0.293 e. The second-order valence-electron chi connectivity index (χ2n) is 3.81. The number of rotatable bonds is 6. The van der Waals surface area contributed by atoms with Crippen molar-refractivity contribution in [2.75, 3.05) is 25.0 Å². The molecular formula is C12H15N3O4. The molecule has 0 heterocycles. The van der Waals surface area contributed by atoms with Crippen LogP contribution in [0.2, 0.25) is 0 Å². The first-order chi connectivity index (χ1) is 9.03. The Morgan fingerprint density at radius 1 is 1.53 bits per heavy atom. The van der Waals surface area contributed by atoms with Gasteiger partial charge in [0.15, 0.2) is 0 Å². The Morgan fingerprint density at radius 3 is 2.68 bits per heavy atom. The van der Waals surface area contributed by atoms with Gasteiger partial charge in [0.1, 0.15) is 12.0 Å². The minimum absolute atomic E-state index is 0.0221. The predicted molar refractivity (Wildman–Crippen MR) is 70.4 cm³/mol. The number of benzene rings is 1. The van der Waals surface area contributed by atoms with Crippen LogP contribution in [0.1, 0.15) is 17.3 Å². The Balaban J connectivity index is 3.18. The average Bonchev–Trinajstić information content (AvgIpc) is 2.43. The number of likely N-dealkylation sites (N-methyl/N-ethyl adjacent to an activating group) is 2. The lowest BCUT2D eigenvalue weighted by Crippen LogP contribution is -2.35. The quantitative estimate of drug-likeness (QED) is 0.470. The van der Waals surface area contributed by atoms with Crippen molar-refractivity contribution in [1.29, 1.82) is 0 Å². The van der Waals surface area contributed by atoms with Crippen LogP contribution >= 0.6 is 0 Å². The lowest BCUT2D eigenvalue weighted by atomic mass is 10.1. The molecule has 0 aliphatic carbocycles. The molecule has 7 heteroatoms. The second-order valence-corrected chi connectivity index (χ2v) is 3.81. The summed E-state index contributed by atoms with van der Waals surface area (Å²) in [5, 5.41) is 13.5. The predicted octanol–water partition coefficient (Wildman–Crippen LogP) is 0.980. The molecule has 1 amide bonds. The van der Waals surface area contributed by atoms with Gasteiger partial charge in [-0.05, 0) is 19.1 Å². The van der Waals surface area contributed by atoms with Gasteiger partial charge < -0.3 is 10.2 Å². The van der Waals surface area contributed by atoms with Crippen LogP contribution in [0.4, 0.5) is 11.4 Å². The van der Waals surface area contributed by atoms with E-state index in [-0.39, 0.29) is 23.7 Å². The summed E-state index contributed by atoms with van der Waals surface area (Å²) >= 11 is 0. The van der Waals surface area contributed by atoms with Crippen LogP contribution in [0.3, 0.4) is 0 Å². The third-order valence-electron chi connectivity index (χ3n) is 2.67. The molecule has 1 aromatic carbocycles. The number of hydrogen-bond donors (Lipinski definition) is 1. The van der Waals surface area contributed by atoms with Crippen LogP contribution in [0.15, 0.2) is 18.2 Å². The maximum atomic E-state index is 11.4. The third-order valence-corrected chi connectivity index (χ3v) is 2.67. The Labute approximate surface area is 110 Å². The molecule has 0 unspecified atom stereocenters. The first kappa shape index (κ1) is 14.6. The summed E-state index contributed by atoms with van der Waals surface area (Å²) in [4.78, 5) is 34.1. The number of nitrogens with zero attached hydrogens (tertiary/aromatic N) is 2. The third kappa shape index (κ3) is 3.51. The van der Waals surface area contributed by atoms with Gasteiger partial charge in [0.2, 0.25) is 5.91 Å². The van der Waals surface area contributed by atoms with Crippen LogP contribution in [0.25, 0.3) is 0 Å². The molecule has 0 saturated heterocycles. The van der Waals surface area contributed by atoms with Gasteiger partial charge in [-0.3, -0.25) is 19.7 Å². The molecule has 0 spiro atoms. The van der Waals surface area contributed by atoms with Gasteiger partial charge in [0, 0.05) is 25.2 Å². The first-order valence-electron chi connectivity index (χ1n) is 5.72. The van der Waals surface area contributed by atoms with Crippen LogP contribution < -0.4 is 10.2 Å². The average molecular weight is 265 g/mol. The normalized spacial score (nSPS) is 9.79. The standard InChI is InChI=1S/C12H15N3O4/c1-3-14(7-12(17)13-2)10-5-4-9(8-16)6-11(10)15(18)19/h4-6,8H,3,7H2,1-2H3,(H,13,17). The van der Waals surface area contributed by atoms with Crippen LogP contribution in [-0.2, 0) is 4.79 Å². The van der Waals surface area contributed by atoms with E-state index in [1.807, 2.05) is 0 Å². The van der Waals surface area contributed by atoms with Crippen molar-refractivity contribution in [2.45, 2.75) is 6.92 Å². The van der Waals surface area contributed by atoms with E-state index in [2.05, 4.69) is 5.32 Å². The van der Waals surface area contributed by atoms with Crippen molar-refractivity contribution in [2.24, 2.45) is 0 Å². The number of nitro groups is 1. The molecule has 0 fully saturated rings. The molecule has 0 aromatic heterocycles. The van der Waals surface area contributed by atoms with Crippen molar-refractivity contribution in [3.8, 4) is 0 Å². The lowest BCUT2D eigenvalue weighted by Gasteiger charge is -2.21. The summed E-state index contributed by atoms with van der Waals surface area (Å²) in [6, 6.07) is 4.17. The SMILES string of the molecule is CCN(CC(=O)NC)c1ccc(C=O)cc1[N+](=O)[O-]. The van der Waals surface area contributed by atoms with E-state index in [1.54, 1.807) is 11.8 Å². The Hall–Kier alpha value is -2.44. The minimum Gasteiger partial charge on any atom is -0.358 e. The molecule has 7 nitrogen and oxygen atoms in total. The van der Waals surface area contributed by atoms with Gasteiger partial charge in [0.05, 0.1) is 11.5 Å². The summed E-state index contributed by atoms with van der Waals surface area (Å²) in [6.07, 6.45) is 0.547. The number of nitro benzene ring substituents is 1. The van der Waals surface area contributed by atoms with Crippen molar-refractivity contribution >= 4 is 23.6 Å². The summed E-state index contributed by atoms with van der Waals surface area (Å²) in [7, 11) is 1.50. The summed E-state index contributed by atoms with van der Waals surface area (Å²) in [5.41, 5.74) is 0.364. The fourth-order valence-corrected chi connectivity index (χ4v) is 1.65. The zero-order valence-corrected chi connectivity index (χ0v) is 10.8. The molecule has 0 atom stereocenters. The zero-order chi connectivity index (χ0) is 14.4. The Kier molecular flexibility index (Phi) is 4.99. The van der Waals surface area contributed by atoms with E-state index in [4.69, 9.17) is 0 Å². The highest BCUT2D eigenvalue weighted by atomic mass is 16.6. The first-order valence-corrected chi connectivity index (χ1v) is 5.72. The van der Waals surface area contributed by atoms with Gasteiger partial charge in [-0.25, -0.2) is 0 Å². The molecule has 0 aliphatic rings. The van der Waals surface area contributed by atoms with Crippen molar-refractivity contribution in [3.05, 3.63) is 33.9 Å². The smallest absolute Gasteiger partial charge is 0.293 e. The summed E-state index contributed by atoms with van der Waals surface area (Å²) < 4.78 is 0. The van der Waals surface area contributed by atoms with Crippen molar-refractivity contribution in [3.63, 3.8) is 0 Å². The zero-order valence-electron chi connectivity index (χ0n) is 10.8. The van der Waals surface area contributed by atoms with Crippen molar-refractivity contribution in [1.82, 2.24) is 5.32 Å². The fourth-order valence-electron chi connectivity index (χ4n) is 1.65. The number of carbonyl (C=O) groups is 2. The highest BCUT2D eigenvalue weighted by molar-refractivity contribution is 5.84. The molecule has 1 aromatic rings. The number of carbonyl (C=O) groups excluding carboxylic acids is 2. The maximum absolute atomic E-state index is 11.4. The van der Waals surface area contributed by atoms with Crippen molar-refractivity contribution < 1.29 is 14.5 Å². The highest BCUT2D eigenvalue weighted by Crippen LogP contribution is 2.28. The number of nitrogens with one attached hydrogen (secondary N) is 1. The van der Waals surface area contributed by atoms with Gasteiger partial charge in [-0.15, -0.1) is 0 Å². The molecule has 0 radical (unpaired) electrons. The lowest BCUT2D eigenvalue weighted by molar-refractivity contribution is -0.384. The monoisotopic (exact) mass is 265 g/mol. The molecule has 1 rings (SSSR count). The van der Waals surface area contributed by atoms with Crippen LogP contribution in [0.5, 0.6) is 0 Å². The van der Waals surface area contributed by atoms with E-state index >= 15 is 0 Å². The van der Waals surface area contributed by atoms with Crippen LogP contribution in [-0.4, -0.2) is 37.3 Å². The van der Waals surface area contributed by atoms with E-state index < -0.39 is 4.92 Å². The fraction of sp³-hybridized carbons (Fsp3) is 0.333. The van der Waals surface area contributed by atoms with E-state index in [0.29, 0.717) is 18.5 Å². The van der Waals surface area contributed by atoms with E-state index in [0.717, 1.165) is 0 Å². The molecule has 1 N–H and O–H groups in total. The number of aldehydes is 1. The number of anilines is 1. The van der Waals surface area contributed by atoms with Crippen LogP contribution in [0, 0.1) is 10.1 Å². The van der Waals surface area contributed by atoms with Gasteiger partial charge in [-0.2, -0.15) is 0 Å².